The Bertz CT molecular complexity index is 878. The monoisotopic (exact) mass is 365 g/mol. The van der Waals surface area contributed by atoms with Crippen LogP contribution in [0.3, 0.4) is 0 Å². The molecule has 6 nitrogen and oxygen atoms in total. The third-order valence-electron chi connectivity index (χ3n) is 5.00. The van der Waals surface area contributed by atoms with Crippen molar-refractivity contribution < 1.29 is 13.9 Å². The molecule has 1 saturated heterocycles. The molecule has 0 amide bonds. The van der Waals surface area contributed by atoms with E-state index in [1.165, 1.54) is 5.56 Å². The smallest absolute Gasteiger partial charge is 0.195 e. The predicted octanol–water partition coefficient (Wildman–Crippen LogP) is 3.74. The first kappa shape index (κ1) is 17.5. The molecule has 3 aromatic rings. The van der Waals surface area contributed by atoms with Gasteiger partial charge in [-0.3, -0.25) is 4.90 Å². The highest BCUT2D eigenvalue weighted by molar-refractivity contribution is 5.45. The Morgan fingerprint density at radius 2 is 2.00 bits per heavy atom. The van der Waals surface area contributed by atoms with E-state index in [1.54, 1.807) is 20.5 Å². The number of methoxy groups -OCH3 is 2. The number of furan rings is 1. The molecule has 4 rings (SSSR count). The fraction of sp³-hybridized carbons (Fsp3) is 0.333. The molecular weight excluding hydrogens is 342 g/mol. The van der Waals surface area contributed by atoms with Crippen LogP contribution in [0.5, 0.6) is 11.5 Å². The molecule has 0 saturated carbocycles. The van der Waals surface area contributed by atoms with Gasteiger partial charge in [0.1, 0.15) is 11.5 Å². The zero-order valence-corrected chi connectivity index (χ0v) is 15.6. The van der Waals surface area contributed by atoms with Crippen molar-refractivity contribution in [2.24, 2.45) is 0 Å². The molecular formula is C21H23N3O3. The molecule has 27 heavy (non-hydrogen) atoms. The number of benzene rings is 1. The lowest BCUT2D eigenvalue weighted by Gasteiger charge is -2.18. The molecule has 1 atom stereocenters. The second kappa shape index (κ2) is 7.80. The van der Waals surface area contributed by atoms with Crippen LogP contribution in [0, 0.1) is 0 Å². The van der Waals surface area contributed by atoms with E-state index in [0.717, 1.165) is 43.1 Å². The number of hydrogen-bond acceptors (Lipinski definition) is 6. The quantitative estimate of drug-likeness (QED) is 0.663. The van der Waals surface area contributed by atoms with Crippen LogP contribution in [-0.4, -0.2) is 42.2 Å². The summed E-state index contributed by atoms with van der Waals surface area (Å²) >= 11 is 0. The number of ether oxygens (including phenoxy) is 2. The molecule has 0 N–H and O–H groups in total. The lowest BCUT2D eigenvalue weighted by molar-refractivity contribution is 0.324. The number of rotatable bonds is 6. The normalized spacial score (nSPS) is 17.2. The van der Waals surface area contributed by atoms with Gasteiger partial charge in [0.25, 0.3) is 0 Å². The number of hydrogen-bond donors (Lipinski definition) is 0. The van der Waals surface area contributed by atoms with E-state index in [0.29, 0.717) is 17.5 Å². The van der Waals surface area contributed by atoms with Gasteiger partial charge >= 0.3 is 0 Å². The molecule has 0 bridgehead atoms. The molecule has 1 aromatic carbocycles. The SMILES string of the molecule is COc1ccc(OC)c([C@H]2CCN(Cc3cnc(-c4ccco4)nc3)C2)c1. The molecule has 0 radical (unpaired) electrons. The van der Waals surface area contributed by atoms with Crippen LogP contribution in [-0.2, 0) is 6.54 Å². The Morgan fingerprint density at radius 1 is 1.15 bits per heavy atom. The van der Waals surface area contributed by atoms with Crippen LogP contribution >= 0.6 is 0 Å². The largest absolute Gasteiger partial charge is 0.497 e. The van der Waals surface area contributed by atoms with Gasteiger partial charge in [0.15, 0.2) is 11.6 Å². The molecule has 1 aliphatic heterocycles. The highest BCUT2D eigenvalue weighted by Gasteiger charge is 2.26. The van der Waals surface area contributed by atoms with E-state index in [9.17, 15) is 0 Å². The molecule has 140 valence electrons. The van der Waals surface area contributed by atoms with Gasteiger partial charge in [0, 0.05) is 42.5 Å². The van der Waals surface area contributed by atoms with Gasteiger partial charge in [-0.25, -0.2) is 9.97 Å². The molecule has 3 heterocycles. The second-order valence-electron chi connectivity index (χ2n) is 6.72. The Morgan fingerprint density at radius 3 is 2.70 bits per heavy atom. The highest BCUT2D eigenvalue weighted by atomic mass is 16.5. The summed E-state index contributed by atoms with van der Waals surface area (Å²) < 4.78 is 16.3. The topological polar surface area (TPSA) is 60.6 Å². The van der Waals surface area contributed by atoms with Gasteiger partial charge in [0.05, 0.1) is 20.5 Å². The number of aromatic nitrogens is 2. The maximum Gasteiger partial charge on any atom is 0.195 e. The standard InChI is InChI=1S/C21H23N3O3/c1-25-17-5-6-19(26-2)18(10-17)16-7-8-24(14-16)13-15-11-22-21(23-12-15)20-4-3-9-27-20/h3-6,9-12,16H,7-8,13-14H2,1-2H3/t16-/m0/s1. The van der Waals surface area contributed by atoms with Gasteiger partial charge in [-0.2, -0.15) is 0 Å². The first-order valence-corrected chi connectivity index (χ1v) is 9.06. The number of nitrogens with zero attached hydrogens (tertiary/aromatic N) is 3. The number of likely N-dealkylation sites (tertiary alicyclic amines) is 1. The van der Waals surface area contributed by atoms with Crippen molar-refractivity contribution in [2.75, 3.05) is 27.3 Å². The Balaban J connectivity index is 1.43. The molecule has 1 fully saturated rings. The molecule has 0 unspecified atom stereocenters. The fourth-order valence-corrected chi connectivity index (χ4v) is 3.62. The summed E-state index contributed by atoms with van der Waals surface area (Å²) in [6.07, 6.45) is 6.48. The van der Waals surface area contributed by atoms with E-state index in [-0.39, 0.29) is 0 Å². The van der Waals surface area contributed by atoms with Crippen LogP contribution in [0.1, 0.15) is 23.5 Å². The summed E-state index contributed by atoms with van der Waals surface area (Å²) in [5, 5.41) is 0. The highest BCUT2D eigenvalue weighted by Crippen LogP contribution is 2.36. The van der Waals surface area contributed by atoms with Gasteiger partial charge in [-0.15, -0.1) is 0 Å². The summed E-state index contributed by atoms with van der Waals surface area (Å²) in [5.74, 6) is 3.52. The van der Waals surface area contributed by atoms with E-state index in [2.05, 4.69) is 20.9 Å². The summed E-state index contributed by atoms with van der Waals surface area (Å²) in [4.78, 5) is 11.3. The van der Waals surface area contributed by atoms with Crippen LogP contribution in [0.2, 0.25) is 0 Å². The molecule has 2 aromatic heterocycles. The third-order valence-corrected chi connectivity index (χ3v) is 5.00. The Kier molecular flexibility index (Phi) is 5.07. The first-order chi connectivity index (χ1) is 13.3. The summed E-state index contributed by atoms with van der Waals surface area (Å²) in [5.41, 5.74) is 2.31. The van der Waals surface area contributed by atoms with Crippen molar-refractivity contribution in [3.63, 3.8) is 0 Å². The maximum atomic E-state index is 5.56. The second-order valence-corrected chi connectivity index (χ2v) is 6.72. The molecule has 6 heteroatoms. The predicted molar refractivity (Wildman–Crippen MR) is 102 cm³/mol. The third kappa shape index (κ3) is 3.80. The zero-order valence-electron chi connectivity index (χ0n) is 15.6. The minimum Gasteiger partial charge on any atom is -0.497 e. The van der Waals surface area contributed by atoms with E-state index in [4.69, 9.17) is 13.9 Å². The minimum absolute atomic E-state index is 0.429. The van der Waals surface area contributed by atoms with Gasteiger partial charge in [-0.05, 0) is 43.3 Å². The molecule has 0 aliphatic carbocycles. The van der Waals surface area contributed by atoms with E-state index < -0.39 is 0 Å². The van der Waals surface area contributed by atoms with Gasteiger partial charge in [-0.1, -0.05) is 0 Å². The lowest BCUT2D eigenvalue weighted by atomic mass is 9.97. The van der Waals surface area contributed by atoms with Crippen molar-refractivity contribution >= 4 is 0 Å². The van der Waals surface area contributed by atoms with Crippen LogP contribution < -0.4 is 9.47 Å². The van der Waals surface area contributed by atoms with Gasteiger partial charge < -0.3 is 13.9 Å². The van der Waals surface area contributed by atoms with E-state index >= 15 is 0 Å². The maximum absolute atomic E-state index is 5.56. The fourth-order valence-electron chi connectivity index (χ4n) is 3.62. The van der Waals surface area contributed by atoms with Crippen molar-refractivity contribution in [3.05, 3.63) is 60.1 Å². The van der Waals surface area contributed by atoms with Crippen molar-refractivity contribution in [1.82, 2.24) is 14.9 Å². The Hall–Kier alpha value is -2.86. The van der Waals surface area contributed by atoms with Crippen LogP contribution in [0.15, 0.2) is 53.4 Å². The summed E-state index contributed by atoms with van der Waals surface area (Å²) in [7, 11) is 3.41. The van der Waals surface area contributed by atoms with Crippen LogP contribution in [0.4, 0.5) is 0 Å². The van der Waals surface area contributed by atoms with Gasteiger partial charge in [0.2, 0.25) is 0 Å². The van der Waals surface area contributed by atoms with Crippen molar-refractivity contribution in [3.8, 4) is 23.1 Å². The van der Waals surface area contributed by atoms with Crippen LogP contribution in [0.25, 0.3) is 11.6 Å². The lowest BCUT2D eigenvalue weighted by Crippen LogP contribution is -2.20. The minimum atomic E-state index is 0.429. The summed E-state index contributed by atoms with van der Waals surface area (Å²) in [6, 6.07) is 9.71. The average Bonchev–Trinajstić information content (AvgIpc) is 3.40. The van der Waals surface area contributed by atoms with Crippen molar-refractivity contribution in [2.45, 2.75) is 18.9 Å². The van der Waals surface area contributed by atoms with Crippen molar-refractivity contribution in [1.29, 1.82) is 0 Å². The first-order valence-electron chi connectivity index (χ1n) is 9.06. The molecule has 0 spiro atoms. The molecule has 1 aliphatic rings. The average molecular weight is 365 g/mol. The summed E-state index contributed by atoms with van der Waals surface area (Å²) in [6.45, 7) is 2.84. The zero-order chi connectivity index (χ0) is 18.6. The Labute approximate surface area is 158 Å². The van der Waals surface area contributed by atoms with E-state index in [1.807, 2.05) is 36.7 Å².